The fourth-order valence-corrected chi connectivity index (χ4v) is 3.87. The molecule has 0 spiro atoms. The van der Waals surface area contributed by atoms with Crippen molar-refractivity contribution in [3.8, 4) is 0 Å². The summed E-state index contributed by atoms with van der Waals surface area (Å²) in [5.74, 6) is 1.41. The van der Waals surface area contributed by atoms with Crippen molar-refractivity contribution >= 4 is 34.3 Å². The Kier molecular flexibility index (Phi) is 49.3. The van der Waals surface area contributed by atoms with E-state index in [9.17, 15) is 0 Å². The van der Waals surface area contributed by atoms with Gasteiger partial charge in [-0.15, -0.1) is 0 Å². The van der Waals surface area contributed by atoms with Gasteiger partial charge < -0.3 is 10.2 Å². The quantitative estimate of drug-likeness (QED) is 0.0592. The van der Waals surface area contributed by atoms with E-state index in [0.717, 1.165) is 53.0 Å². The van der Waals surface area contributed by atoms with E-state index in [0.29, 0.717) is 31.0 Å². The highest BCUT2D eigenvalue weighted by Gasteiger charge is 2.27. The van der Waals surface area contributed by atoms with Crippen LogP contribution in [0.2, 0.25) is 0 Å². The molecule has 0 aromatic heterocycles. The minimum Gasteiger partial charge on any atom is -0.393 e. The second kappa shape index (κ2) is 42.5. The van der Waals surface area contributed by atoms with Gasteiger partial charge in [-0.25, -0.2) is 0 Å². The summed E-state index contributed by atoms with van der Waals surface area (Å²) < 4.78 is 1.42. The van der Waals surface area contributed by atoms with Crippen molar-refractivity contribution in [1.82, 2.24) is 5.32 Å². The van der Waals surface area contributed by atoms with Gasteiger partial charge in [0, 0.05) is 73.2 Å². The largest absolute Gasteiger partial charge is 0.393 e. The van der Waals surface area contributed by atoms with Gasteiger partial charge in [0.25, 0.3) is 0 Å². The third-order valence-corrected chi connectivity index (χ3v) is 6.75. The van der Waals surface area contributed by atoms with E-state index in [1.165, 1.54) is 21.6 Å². The topological polar surface area (TPSA) is 122 Å². The summed E-state index contributed by atoms with van der Waals surface area (Å²) >= 11 is 0. The van der Waals surface area contributed by atoms with Crippen molar-refractivity contribution in [3.05, 3.63) is 48.4 Å². The summed E-state index contributed by atoms with van der Waals surface area (Å²) in [6.07, 6.45) is 2.45. The number of nitrogens with one attached hydrogen (secondary N) is 2. The van der Waals surface area contributed by atoms with Crippen molar-refractivity contribution in [1.29, 1.82) is 5.53 Å². The summed E-state index contributed by atoms with van der Waals surface area (Å²) in [6.45, 7) is 78.2. The lowest BCUT2D eigenvalue weighted by Gasteiger charge is -2.22. The van der Waals surface area contributed by atoms with Crippen LogP contribution in [-0.2, 0) is 4.84 Å². The summed E-state index contributed by atoms with van der Waals surface area (Å²) in [5, 5.41) is 7.01. The van der Waals surface area contributed by atoms with Crippen LogP contribution in [0.15, 0.2) is 78.5 Å². The lowest BCUT2D eigenvalue weighted by molar-refractivity contribution is -0.633. The fraction of sp³-hybridized carbons (Fsp3) is 0.750. The van der Waals surface area contributed by atoms with E-state index < -0.39 is 0 Å². The van der Waals surface area contributed by atoms with Gasteiger partial charge in [0.05, 0.1) is 18.8 Å². The van der Waals surface area contributed by atoms with Crippen LogP contribution in [0.4, 0.5) is 0 Å². The molecule has 388 valence electrons. The molecule has 0 rings (SSSR count). The fourth-order valence-electron chi connectivity index (χ4n) is 3.87. The Morgan fingerprint density at radius 3 is 1.17 bits per heavy atom. The molecule has 66 heavy (non-hydrogen) atoms. The molecule has 0 bridgehead atoms. The number of allylic oxidation sites excluding steroid dienone is 2. The number of hydrogen-bond acceptors (Lipinski definition) is 9. The van der Waals surface area contributed by atoms with Gasteiger partial charge >= 0.3 is 0 Å². The van der Waals surface area contributed by atoms with Gasteiger partial charge in [0.2, 0.25) is 5.70 Å². The molecule has 0 aliphatic heterocycles. The molecule has 0 atom stereocenters. The Bertz CT molecular complexity index is 1470. The third-order valence-electron chi connectivity index (χ3n) is 6.75. The van der Waals surface area contributed by atoms with Crippen LogP contribution >= 0.6 is 0 Å². The SMILES string of the molecule is C=C(CN=C(C)C)C(C)(C)C.C=C(CN=C(C)C)NC(C)(C)C.C=C(CN=C(C)C)[N+](=N)C(C)(C)C.CC(C)=CC(C)C.CC(C)=NC(C)C.CC(C)=NCC(C)C.CC(C)=NOC(C)C. The first-order chi connectivity index (χ1) is 29.4. The van der Waals surface area contributed by atoms with Gasteiger partial charge in [-0.3, -0.25) is 25.0 Å². The molecule has 0 unspecified atom stereocenters. The van der Waals surface area contributed by atoms with Crippen LogP contribution in [0.3, 0.4) is 0 Å². The van der Waals surface area contributed by atoms with E-state index in [2.05, 4.69) is 158 Å². The highest BCUT2D eigenvalue weighted by molar-refractivity contribution is 5.80. The zero-order valence-electron chi connectivity index (χ0n) is 49.9. The molecule has 0 aromatic rings. The van der Waals surface area contributed by atoms with Crippen LogP contribution in [0.5, 0.6) is 0 Å². The first-order valence-electron chi connectivity index (χ1n) is 24.0. The average molecular weight is 930 g/mol. The van der Waals surface area contributed by atoms with E-state index in [1.54, 1.807) is 0 Å². The van der Waals surface area contributed by atoms with Crippen molar-refractivity contribution in [2.45, 2.75) is 238 Å². The minimum atomic E-state index is -0.200. The summed E-state index contributed by atoms with van der Waals surface area (Å²) in [5.41, 5.74) is 18.7. The second-order valence-electron chi connectivity index (χ2n) is 22.2. The number of rotatable bonds is 14. The Morgan fingerprint density at radius 2 is 0.970 bits per heavy atom. The zero-order chi connectivity index (χ0) is 54.4. The lowest BCUT2D eigenvalue weighted by Crippen LogP contribution is -2.35. The first kappa shape index (κ1) is 76.4. The Hall–Kier alpha value is -3.82. The molecule has 0 heterocycles. The molecule has 0 aliphatic carbocycles. The molecule has 0 aliphatic rings. The van der Waals surface area contributed by atoms with E-state index >= 15 is 0 Å². The minimum absolute atomic E-state index is 0.0915. The maximum absolute atomic E-state index is 7.74. The Balaban J connectivity index is -0.000000125. The maximum atomic E-state index is 7.74. The van der Waals surface area contributed by atoms with E-state index in [1.807, 2.05) is 118 Å². The van der Waals surface area contributed by atoms with Crippen molar-refractivity contribution in [2.24, 2.45) is 47.4 Å². The third kappa shape index (κ3) is 83.7. The summed E-state index contributed by atoms with van der Waals surface area (Å²) in [6, 6.07) is 0.463. The Morgan fingerprint density at radius 1 is 0.576 bits per heavy atom. The number of aliphatic imine (C=N–C) groups is 5. The number of nitrogens with zero attached hydrogens (tertiary/aromatic N) is 7. The molecule has 0 amide bonds. The highest BCUT2D eigenvalue weighted by atomic mass is 16.6. The molecule has 10 nitrogen and oxygen atoms in total. The smallest absolute Gasteiger partial charge is 0.222 e. The van der Waals surface area contributed by atoms with Gasteiger partial charge in [0.1, 0.15) is 12.6 Å². The van der Waals surface area contributed by atoms with Crippen LogP contribution < -0.4 is 5.32 Å². The van der Waals surface area contributed by atoms with E-state index in [4.69, 9.17) is 10.4 Å². The first-order valence-corrected chi connectivity index (χ1v) is 24.0. The monoisotopic (exact) mass is 929 g/mol. The molecular formula is C56H114N9O+. The average Bonchev–Trinajstić information content (AvgIpc) is 3.08. The van der Waals surface area contributed by atoms with Gasteiger partial charge in [0.15, 0.2) is 5.54 Å². The predicted molar refractivity (Wildman–Crippen MR) is 305 cm³/mol. The highest BCUT2D eigenvalue weighted by Crippen LogP contribution is 2.23. The van der Waals surface area contributed by atoms with Crippen molar-refractivity contribution in [3.63, 3.8) is 0 Å². The summed E-state index contributed by atoms with van der Waals surface area (Å²) in [7, 11) is 0. The molecule has 0 saturated carbocycles. The zero-order valence-corrected chi connectivity index (χ0v) is 49.9. The molecule has 2 N–H and O–H groups in total. The van der Waals surface area contributed by atoms with Crippen LogP contribution in [-0.4, -0.2) is 88.4 Å². The number of oxime groups is 1. The van der Waals surface area contributed by atoms with E-state index in [-0.39, 0.29) is 22.6 Å². The van der Waals surface area contributed by atoms with Crippen LogP contribution in [0.25, 0.3) is 0 Å². The standard InChI is InChI=1S/C10H20N3.C10H20N2.C10H19N.C7H15N.C7H14.C6H13NO.C6H13N/c1-8(2)12-7-9(3)13(11)10(4,5)6;1-8(2)11-7-9(3)12-10(4,5)6;1-8(2)11-7-9(3)10(4,5)6;1-6(2)5-8-7(3)4;1-6(2)5-7(3)4;1-5(2)7-8-6(3)4;1-5(2)7-6(3)4/h11H,3,7H2,1-2,4-6H3;12H,3,7H2,1-2,4-6H3;3,7H2,1-2,4-6H3;6H,5H2,1-4H3;5-6H,1-4H3;6H,1-4H3;5H,1-4H3/q+1;;;;;;. The van der Waals surface area contributed by atoms with Gasteiger partial charge in [-0.2, -0.15) is 0 Å². The molecule has 0 fully saturated rings. The lowest BCUT2D eigenvalue weighted by atomic mass is 9.88. The molecule has 10 heteroatoms. The Labute approximate surface area is 413 Å². The van der Waals surface area contributed by atoms with Crippen molar-refractivity contribution < 1.29 is 9.53 Å². The summed E-state index contributed by atoms with van der Waals surface area (Å²) in [4.78, 5) is 26.1. The predicted octanol–water partition coefficient (Wildman–Crippen LogP) is 16.7. The molecular weight excluding hydrogens is 815 g/mol. The molecule has 0 radical (unpaired) electrons. The van der Waals surface area contributed by atoms with Gasteiger partial charge in [-0.05, 0) is 169 Å². The normalized spacial score (nSPS) is 10.2. The molecule has 0 aromatic carbocycles. The molecule has 0 saturated heterocycles. The van der Waals surface area contributed by atoms with Crippen LogP contribution in [0, 0.1) is 22.8 Å². The number of hydrogen-bond donors (Lipinski definition) is 2. The maximum Gasteiger partial charge on any atom is 0.222 e. The van der Waals surface area contributed by atoms with Gasteiger partial charge in [-0.1, -0.05) is 94.2 Å². The second-order valence-corrected chi connectivity index (χ2v) is 22.2. The van der Waals surface area contributed by atoms with Crippen molar-refractivity contribution in [2.75, 3.05) is 26.2 Å². The van der Waals surface area contributed by atoms with Crippen LogP contribution in [0.1, 0.15) is 215 Å².